The predicted octanol–water partition coefficient (Wildman–Crippen LogP) is 0.192. The van der Waals surface area contributed by atoms with Gasteiger partial charge in [0.25, 0.3) is 0 Å². The third-order valence-electron chi connectivity index (χ3n) is 3.00. The highest BCUT2D eigenvalue weighted by molar-refractivity contribution is 5.71. The molecule has 1 saturated heterocycles. The molecule has 0 saturated carbocycles. The molecule has 0 atom stereocenters. The zero-order chi connectivity index (χ0) is 11.9. The van der Waals surface area contributed by atoms with Crippen LogP contribution in [0.4, 0.5) is 0 Å². The van der Waals surface area contributed by atoms with Gasteiger partial charge in [0.1, 0.15) is 0 Å². The molecule has 5 nitrogen and oxygen atoms in total. The van der Waals surface area contributed by atoms with Crippen molar-refractivity contribution < 1.29 is 19.0 Å². The Morgan fingerprint density at radius 3 is 2.62 bits per heavy atom. The maximum Gasteiger partial charge on any atom is 0.319 e. The molecule has 1 fully saturated rings. The number of carbonyl (C=O) groups is 1. The summed E-state index contributed by atoms with van der Waals surface area (Å²) >= 11 is 0. The fraction of sp³-hybridized carbons (Fsp3) is 0.909. The smallest absolute Gasteiger partial charge is 0.319 e. The van der Waals surface area contributed by atoms with E-state index in [1.54, 1.807) is 7.11 Å². The van der Waals surface area contributed by atoms with E-state index in [2.05, 4.69) is 10.1 Å². The van der Waals surface area contributed by atoms with E-state index in [9.17, 15) is 4.79 Å². The van der Waals surface area contributed by atoms with Gasteiger partial charge >= 0.3 is 5.97 Å². The first-order chi connectivity index (χ1) is 7.72. The standard InChI is InChI=1S/C11H21NO4/c1-14-9-11(3-5-16-6-4-11)8-12-7-10(13)15-2/h12H,3-9H2,1-2H3. The minimum absolute atomic E-state index is 0.0982. The molecule has 0 spiro atoms. The first kappa shape index (κ1) is 13.4. The number of hydrogen-bond donors (Lipinski definition) is 1. The van der Waals surface area contributed by atoms with Crippen molar-refractivity contribution in [1.29, 1.82) is 0 Å². The van der Waals surface area contributed by atoms with Crippen molar-refractivity contribution >= 4 is 5.97 Å². The average molecular weight is 231 g/mol. The second-order valence-electron chi connectivity index (χ2n) is 4.23. The van der Waals surface area contributed by atoms with Crippen LogP contribution in [0.15, 0.2) is 0 Å². The minimum Gasteiger partial charge on any atom is -0.468 e. The Hall–Kier alpha value is -0.650. The van der Waals surface area contributed by atoms with Crippen molar-refractivity contribution in [3.63, 3.8) is 0 Å². The number of rotatable bonds is 6. The summed E-state index contributed by atoms with van der Waals surface area (Å²) in [5, 5.41) is 3.12. The summed E-state index contributed by atoms with van der Waals surface area (Å²) in [5.41, 5.74) is 0.0982. The highest BCUT2D eigenvalue weighted by Crippen LogP contribution is 2.29. The van der Waals surface area contributed by atoms with Gasteiger partial charge < -0.3 is 19.5 Å². The van der Waals surface area contributed by atoms with Crippen LogP contribution in [0.3, 0.4) is 0 Å². The van der Waals surface area contributed by atoms with Gasteiger partial charge in [0, 0.05) is 32.3 Å². The molecule has 94 valence electrons. The number of ether oxygens (including phenoxy) is 3. The zero-order valence-corrected chi connectivity index (χ0v) is 10.1. The van der Waals surface area contributed by atoms with Crippen LogP contribution in [0.1, 0.15) is 12.8 Å². The number of nitrogens with one attached hydrogen (secondary N) is 1. The molecule has 0 amide bonds. The summed E-state index contributed by atoms with van der Waals surface area (Å²) in [6.45, 7) is 3.25. The van der Waals surface area contributed by atoms with E-state index in [1.165, 1.54) is 7.11 Å². The monoisotopic (exact) mass is 231 g/mol. The van der Waals surface area contributed by atoms with Crippen LogP contribution in [0.25, 0.3) is 0 Å². The fourth-order valence-corrected chi connectivity index (χ4v) is 1.98. The van der Waals surface area contributed by atoms with E-state index in [-0.39, 0.29) is 17.9 Å². The fourth-order valence-electron chi connectivity index (χ4n) is 1.98. The SMILES string of the molecule is COCC1(CNCC(=O)OC)CCOCC1. The molecule has 0 radical (unpaired) electrons. The molecule has 0 aliphatic carbocycles. The maximum absolute atomic E-state index is 11.0. The molecular formula is C11H21NO4. The second-order valence-corrected chi connectivity index (χ2v) is 4.23. The Balaban J connectivity index is 2.35. The lowest BCUT2D eigenvalue weighted by molar-refractivity contribution is -0.139. The lowest BCUT2D eigenvalue weighted by atomic mass is 9.81. The zero-order valence-electron chi connectivity index (χ0n) is 10.1. The highest BCUT2D eigenvalue weighted by Gasteiger charge is 2.32. The van der Waals surface area contributed by atoms with E-state index in [0.717, 1.165) is 32.6 Å². The highest BCUT2D eigenvalue weighted by atomic mass is 16.5. The van der Waals surface area contributed by atoms with Crippen molar-refractivity contribution in [3.05, 3.63) is 0 Å². The van der Waals surface area contributed by atoms with Crippen LogP contribution >= 0.6 is 0 Å². The van der Waals surface area contributed by atoms with Gasteiger partial charge in [-0.1, -0.05) is 0 Å². The topological polar surface area (TPSA) is 56.8 Å². The van der Waals surface area contributed by atoms with Gasteiger partial charge in [0.05, 0.1) is 20.3 Å². The van der Waals surface area contributed by atoms with Crippen molar-refractivity contribution in [1.82, 2.24) is 5.32 Å². The molecule has 1 aliphatic heterocycles. The molecule has 1 heterocycles. The molecule has 0 aromatic rings. The molecule has 0 bridgehead atoms. The maximum atomic E-state index is 11.0. The van der Waals surface area contributed by atoms with Crippen LogP contribution in [0.5, 0.6) is 0 Å². The lowest BCUT2D eigenvalue weighted by Crippen LogP contribution is -2.43. The second kappa shape index (κ2) is 6.83. The minimum atomic E-state index is -0.236. The summed E-state index contributed by atoms with van der Waals surface area (Å²) in [4.78, 5) is 11.0. The van der Waals surface area contributed by atoms with E-state index in [4.69, 9.17) is 9.47 Å². The van der Waals surface area contributed by atoms with Gasteiger partial charge in [0.2, 0.25) is 0 Å². The molecule has 5 heteroatoms. The van der Waals surface area contributed by atoms with Gasteiger partial charge in [0.15, 0.2) is 0 Å². The van der Waals surface area contributed by atoms with Gasteiger partial charge in [-0.15, -0.1) is 0 Å². The van der Waals surface area contributed by atoms with Crippen LogP contribution in [-0.4, -0.2) is 53.1 Å². The van der Waals surface area contributed by atoms with Crippen molar-refractivity contribution in [3.8, 4) is 0 Å². The van der Waals surface area contributed by atoms with E-state index in [0.29, 0.717) is 6.61 Å². The molecular weight excluding hydrogens is 210 g/mol. The Labute approximate surface area is 96.4 Å². The molecule has 16 heavy (non-hydrogen) atoms. The summed E-state index contributed by atoms with van der Waals surface area (Å²) in [6, 6.07) is 0. The molecule has 1 rings (SSSR count). The molecule has 1 N–H and O–H groups in total. The van der Waals surface area contributed by atoms with E-state index in [1.807, 2.05) is 0 Å². The molecule has 0 aromatic carbocycles. The summed E-state index contributed by atoms with van der Waals surface area (Å²) in [5.74, 6) is -0.236. The summed E-state index contributed by atoms with van der Waals surface area (Å²) in [6.07, 6.45) is 1.93. The molecule has 0 aromatic heterocycles. The van der Waals surface area contributed by atoms with Gasteiger partial charge in [-0.3, -0.25) is 4.79 Å². The third kappa shape index (κ3) is 4.08. The van der Waals surface area contributed by atoms with Crippen LogP contribution < -0.4 is 5.32 Å². The lowest BCUT2D eigenvalue weighted by Gasteiger charge is -2.36. The number of hydrogen-bond acceptors (Lipinski definition) is 5. The number of esters is 1. The summed E-state index contributed by atoms with van der Waals surface area (Å²) in [7, 11) is 3.10. The Bertz CT molecular complexity index is 209. The van der Waals surface area contributed by atoms with E-state index < -0.39 is 0 Å². The van der Waals surface area contributed by atoms with Gasteiger partial charge in [-0.2, -0.15) is 0 Å². The Morgan fingerprint density at radius 2 is 2.06 bits per heavy atom. The Morgan fingerprint density at radius 1 is 1.38 bits per heavy atom. The van der Waals surface area contributed by atoms with Crippen molar-refractivity contribution in [2.75, 3.05) is 47.1 Å². The van der Waals surface area contributed by atoms with Crippen LogP contribution in [0, 0.1) is 5.41 Å². The van der Waals surface area contributed by atoms with Crippen molar-refractivity contribution in [2.45, 2.75) is 12.8 Å². The van der Waals surface area contributed by atoms with Gasteiger partial charge in [-0.25, -0.2) is 0 Å². The average Bonchev–Trinajstić information content (AvgIpc) is 2.30. The van der Waals surface area contributed by atoms with E-state index >= 15 is 0 Å². The normalized spacial score (nSPS) is 19.4. The number of carbonyl (C=O) groups excluding carboxylic acids is 1. The number of methoxy groups -OCH3 is 2. The summed E-state index contributed by atoms with van der Waals surface area (Å²) < 4.78 is 15.2. The van der Waals surface area contributed by atoms with Gasteiger partial charge in [-0.05, 0) is 12.8 Å². The molecule has 1 aliphatic rings. The first-order valence-electron chi connectivity index (χ1n) is 5.57. The van der Waals surface area contributed by atoms with Crippen LogP contribution in [0.2, 0.25) is 0 Å². The Kier molecular flexibility index (Phi) is 5.73. The van der Waals surface area contributed by atoms with Crippen molar-refractivity contribution in [2.24, 2.45) is 5.41 Å². The third-order valence-corrected chi connectivity index (χ3v) is 3.00. The quantitative estimate of drug-likeness (QED) is 0.661. The molecule has 0 unspecified atom stereocenters. The largest absolute Gasteiger partial charge is 0.468 e. The van der Waals surface area contributed by atoms with Crippen LogP contribution in [-0.2, 0) is 19.0 Å². The first-order valence-corrected chi connectivity index (χ1v) is 5.57. The predicted molar refractivity (Wildman–Crippen MR) is 59.2 cm³/mol.